The minimum atomic E-state index is 0.000253. The van der Waals surface area contributed by atoms with Crippen molar-refractivity contribution in [2.75, 3.05) is 37.6 Å². The fraction of sp³-hybridized carbons (Fsp3) is 0.364. The average molecular weight is 444 g/mol. The number of nitrogens with zero attached hydrogens (tertiary/aromatic N) is 3. The van der Waals surface area contributed by atoms with Crippen molar-refractivity contribution in [3.8, 4) is 11.4 Å². The summed E-state index contributed by atoms with van der Waals surface area (Å²) in [4.78, 5) is 24.9. The van der Waals surface area contributed by atoms with E-state index < -0.39 is 0 Å². The summed E-state index contributed by atoms with van der Waals surface area (Å²) in [6.45, 7) is 4.01. The first kappa shape index (κ1) is 19.7. The van der Waals surface area contributed by atoms with Gasteiger partial charge in [-0.1, -0.05) is 23.2 Å². The predicted octanol–water partition coefficient (Wildman–Crippen LogP) is 3.94. The lowest BCUT2D eigenvalue weighted by atomic mass is 10.1. The van der Waals surface area contributed by atoms with Gasteiger partial charge in [0.25, 0.3) is 0 Å². The van der Waals surface area contributed by atoms with Crippen LogP contribution in [0.2, 0.25) is 10.0 Å². The topological polar surface area (TPSA) is 64.3 Å². The van der Waals surface area contributed by atoms with Crippen molar-refractivity contribution in [2.24, 2.45) is 0 Å². The maximum atomic E-state index is 12.6. The molecule has 30 heavy (non-hydrogen) atoms. The summed E-state index contributed by atoms with van der Waals surface area (Å²) in [5.74, 6) is 0.963. The quantitative estimate of drug-likeness (QED) is 0.643. The van der Waals surface area contributed by atoms with Crippen molar-refractivity contribution < 1.29 is 4.79 Å². The zero-order valence-electron chi connectivity index (χ0n) is 16.5. The number of nitrogens with one attached hydrogen (secondary N) is 2. The van der Waals surface area contributed by atoms with Gasteiger partial charge in [-0.2, -0.15) is 0 Å². The highest BCUT2D eigenvalue weighted by Gasteiger charge is 2.29. The fourth-order valence-corrected chi connectivity index (χ4v) is 4.68. The number of anilines is 1. The van der Waals surface area contributed by atoms with E-state index in [1.54, 1.807) is 0 Å². The number of aromatic amines is 1. The minimum Gasteiger partial charge on any atom is -0.368 e. The van der Waals surface area contributed by atoms with Gasteiger partial charge in [0.1, 0.15) is 5.82 Å². The fourth-order valence-electron chi connectivity index (χ4n) is 4.30. The van der Waals surface area contributed by atoms with Gasteiger partial charge in [-0.25, -0.2) is 4.98 Å². The standard InChI is InChI=1S/C22H23Cl2N5O/c23-14-3-6-18-20(12-14)27-21(26-18)16-13-15(4-5-17(16)24)28-8-10-29(11-9-28)22(30)19-2-1-7-25-19/h3-6,12-13,19,25H,1-2,7-11H2,(H,26,27)/t19-/m0/s1. The van der Waals surface area contributed by atoms with Crippen LogP contribution < -0.4 is 10.2 Å². The lowest BCUT2D eigenvalue weighted by Crippen LogP contribution is -2.53. The van der Waals surface area contributed by atoms with Crippen molar-refractivity contribution in [3.05, 3.63) is 46.4 Å². The molecule has 3 aromatic rings. The third-order valence-corrected chi connectivity index (χ3v) is 6.53. The maximum absolute atomic E-state index is 12.6. The Bertz CT molecular complexity index is 1080. The first-order chi connectivity index (χ1) is 14.6. The summed E-state index contributed by atoms with van der Waals surface area (Å²) >= 11 is 12.6. The molecule has 156 valence electrons. The van der Waals surface area contributed by atoms with Gasteiger partial charge in [0.2, 0.25) is 5.91 Å². The summed E-state index contributed by atoms with van der Waals surface area (Å²) < 4.78 is 0. The number of fused-ring (bicyclic) bond motifs is 1. The molecule has 0 aliphatic carbocycles. The number of benzene rings is 2. The van der Waals surface area contributed by atoms with Crippen molar-refractivity contribution in [3.63, 3.8) is 0 Å². The first-order valence-corrected chi connectivity index (χ1v) is 11.1. The van der Waals surface area contributed by atoms with Crippen molar-refractivity contribution in [1.82, 2.24) is 20.2 Å². The number of carbonyl (C=O) groups is 1. The molecule has 1 atom stereocenters. The van der Waals surface area contributed by atoms with Crippen LogP contribution in [0.3, 0.4) is 0 Å². The normalized spacial score (nSPS) is 19.6. The van der Waals surface area contributed by atoms with Gasteiger partial charge in [0.15, 0.2) is 0 Å². The summed E-state index contributed by atoms with van der Waals surface area (Å²) in [7, 11) is 0. The van der Waals surface area contributed by atoms with Crippen LogP contribution >= 0.6 is 23.2 Å². The number of imidazole rings is 1. The van der Waals surface area contributed by atoms with Crippen LogP contribution in [0.5, 0.6) is 0 Å². The second-order valence-electron chi connectivity index (χ2n) is 7.87. The van der Waals surface area contributed by atoms with Gasteiger partial charge in [-0.3, -0.25) is 4.79 Å². The molecule has 0 spiro atoms. The number of halogens is 2. The number of amides is 1. The van der Waals surface area contributed by atoms with E-state index in [1.165, 1.54) is 0 Å². The number of hydrogen-bond acceptors (Lipinski definition) is 4. The Morgan fingerprint density at radius 2 is 1.90 bits per heavy atom. The summed E-state index contributed by atoms with van der Waals surface area (Å²) in [5, 5.41) is 4.61. The van der Waals surface area contributed by atoms with E-state index in [4.69, 9.17) is 23.2 Å². The molecule has 0 radical (unpaired) electrons. The van der Waals surface area contributed by atoms with Crippen LogP contribution in [0.25, 0.3) is 22.4 Å². The molecular weight excluding hydrogens is 421 g/mol. The molecule has 6 nitrogen and oxygen atoms in total. The monoisotopic (exact) mass is 443 g/mol. The number of H-pyrrole nitrogens is 1. The molecule has 3 heterocycles. The molecule has 5 rings (SSSR count). The average Bonchev–Trinajstić information content (AvgIpc) is 3.43. The van der Waals surface area contributed by atoms with E-state index in [-0.39, 0.29) is 11.9 Å². The molecule has 2 aliphatic heterocycles. The third-order valence-electron chi connectivity index (χ3n) is 5.96. The zero-order valence-corrected chi connectivity index (χ0v) is 18.0. The molecule has 0 bridgehead atoms. The van der Waals surface area contributed by atoms with Crippen LogP contribution in [0, 0.1) is 0 Å². The van der Waals surface area contributed by atoms with E-state index in [2.05, 4.69) is 26.3 Å². The summed E-state index contributed by atoms with van der Waals surface area (Å²) in [6, 6.07) is 11.6. The minimum absolute atomic E-state index is 0.000253. The molecular formula is C22H23Cl2N5O. The molecule has 1 aromatic heterocycles. The van der Waals surface area contributed by atoms with Crippen LogP contribution in [0.15, 0.2) is 36.4 Å². The van der Waals surface area contributed by atoms with Gasteiger partial charge in [-0.05, 0) is 55.8 Å². The molecule has 0 unspecified atom stereocenters. The summed E-state index contributed by atoms with van der Waals surface area (Å²) in [5.41, 5.74) is 3.67. The van der Waals surface area contributed by atoms with Crippen molar-refractivity contribution >= 4 is 45.8 Å². The van der Waals surface area contributed by atoms with E-state index in [9.17, 15) is 4.79 Å². The Morgan fingerprint density at radius 1 is 1.07 bits per heavy atom. The molecule has 2 fully saturated rings. The van der Waals surface area contributed by atoms with E-state index in [0.717, 1.165) is 73.7 Å². The first-order valence-electron chi connectivity index (χ1n) is 10.3. The smallest absolute Gasteiger partial charge is 0.239 e. The zero-order chi connectivity index (χ0) is 20.7. The molecule has 2 aliphatic rings. The van der Waals surface area contributed by atoms with Gasteiger partial charge >= 0.3 is 0 Å². The number of hydrogen-bond donors (Lipinski definition) is 2. The van der Waals surface area contributed by atoms with Crippen molar-refractivity contribution in [2.45, 2.75) is 18.9 Å². The van der Waals surface area contributed by atoms with Crippen LogP contribution in [0.1, 0.15) is 12.8 Å². The van der Waals surface area contributed by atoms with E-state index >= 15 is 0 Å². The van der Waals surface area contributed by atoms with Gasteiger partial charge in [-0.15, -0.1) is 0 Å². The largest absolute Gasteiger partial charge is 0.368 e. The molecule has 1 amide bonds. The van der Waals surface area contributed by atoms with Gasteiger partial charge in [0, 0.05) is 42.5 Å². The second-order valence-corrected chi connectivity index (χ2v) is 8.72. The van der Waals surface area contributed by atoms with Crippen molar-refractivity contribution in [1.29, 1.82) is 0 Å². The second kappa shape index (κ2) is 8.10. The summed E-state index contributed by atoms with van der Waals surface area (Å²) in [6.07, 6.45) is 2.03. The maximum Gasteiger partial charge on any atom is 0.239 e. The van der Waals surface area contributed by atoms with Crippen LogP contribution in [-0.4, -0.2) is 59.5 Å². The van der Waals surface area contributed by atoms with E-state index in [0.29, 0.717) is 10.0 Å². The lowest BCUT2D eigenvalue weighted by Gasteiger charge is -2.37. The Balaban J connectivity index is 1.34. The Kier molecular flexibility index (Phi) is 5.31. The molecule has 2 saturated heterocycles. The highest BCUT2D eigenvalue weighted by molar-refractivity contribution is 6.33. The molecule has 2 aromatic carbocycles. The third kappa shape index (κ3) is 3.75. The number of piperazine rings is 1. The van der Waals surface area contributed by atoms with Gasteiger partial charge < -0.3 is 20.1 Å². The highest BCUT2D eigenvalue weighted by atomic mass is 35.5. The van der Waals surface area contributed by atoms with Crippen LogP contribution in [-0.2, 0) is 4.79 Å². The van der Waals surface area contributed by atoms with Crippen LogP contribution in [0.4, 0.5) is 5.69 Å². The number of aromatic nitrogens is 2. The van der Waals surface area contributed by atoms with E-state index in [1.807, 2.05) is 35.2 Å². The molecule has 0 saturated carbocycles. The highest BCUT2D eigenvalue weighted by Crippen LogP contribution is 2.32. The predicted molar refractivity (Wildman–Crippen MR) is 121 cm³/mol. The Hall–Kier alpha value is -2.28. The SMILES string of the molecule is O=C([C@@H]1CCCN1)N1CCN(c2ccc(Cl)c(-c3nc4ccc(Cl)cc4[nH]3)c2)CC1. The number of rotatable bonds is 3. The lowest BCUT2D eigenvalue weighted by molar-refractivity contribution is -0.133. The van der Waals surface area contributed by atoms with Gasteiger partial charge in [0.05, 0.1) is 22.1 Å². The Morgan fingerprint density at radius 3 is 2.67 bits per heavy atom. The molecule has 2 N–H and O–H groups in total. The Labute approximate surface area is 185 Å². The number of carbonyl (C=O) groups excluding carboxylic acids is 1. The molecule has 8 heteroatoms.